The summed E-state index contributed by atoms with van der Waals surface area (Å²) in [5, 5.41) is 10.00. The number of rotatable bonds is 2. The lowest BCUT2D eigenvalue weighted by Gasteiger charge is -2.38. The van der Waals surface area contributed by atoms with Gasteiger partial charge in [0.15, 0.2) is 0 Å². The van der Waals surface area contributed by atoms with Gasteiger partial charge in [-0.3, -0.25) is 0 Å². The summed E-state index contributed by atoms with van der Waals surface area (Å²) in [7, 11) is 0. The molecule has 0 amide bonds. The van der Waals surface area contributed by atoms with E-state index in [0.29, 0.717) is 16.2 Å². The molecule has 18 heavy (non-hydrogen) atoms. The molecule has 0 aromatic carbocycles. The molecule has 0 radical (unpaired) electrons. The molecule has 2 unspecified atom stereocenters. The first-order valence-electron chi connectivity index (χ1n) is 5.79. The van der Waals surface area contributed by atoms with Gasteiger partial charge in [-0.05, 0) is 19.1 Å². The van der Waals surface area contributed by atoms with Crippen LogP contribution in [0.5, 0.6) is 0 Å². The lowest BCUT2D eigenvalue weighted by Crippen LogP contribution is -2.45. The molecule has 98 valence electrons. The van der Waals surface area contributed by atoms with Crippen molar-refractivity contribution >= 4 is 35.1 Å². The van der Waals surface area contributed by atoms with Gasteiger partial charge in [0, 0.05) is 23.6 Å². The minimum atomic E-state index is -0.966. The predicted octanol–water partition coefficient (Wildman–Crippen LogP) is 2.76. The highest BCUT2D eigenvalue weighted by atomic mass is 35.5. The van der Waals surface area contributed by atoms with Crippen LogP contribution < -0.4 is 4.90 Å². The molecule has 0 bridgehead atoms. The fraction of sp³-hybridized carbons (Fsp3) is 0.500. The van der Waals surface area contributed by atoms with Crippen LogP contribution in [0, 0.1) is 0 Å². The van der Waals surface area contributed by atoms with E-state index >= 15 is 0 Å². The van der Waals surface area contributed by atoms with E-state index in [4.69, 9.17) is 11.6 Å². The van der Waals surface area contributed by atoms with E-state index < -0.39 is 5.97 Å². The van der Waals surface area contributed by atoms with Crippen molar-refractivity contribution in [2.24, 2.45) is 0 Å². The van der Waals surface area contributed by atoms with Crippen molar-refractivity contribution in [3.05, 3.63) is 22.8 Å². The van der Waals surface area contributed by atoms with E-state index in [2.05, 4.69) is 18.8 Å². The molecule has 2 heterocycles. The number of hydrogen-bond donors (Lipinski definition) is 1. The molecule has 1 fully saturated rings. The van der Waals surface area contributed by atoms with Crippen LogP contribution in [0.25, 0.3) is 0 Å². The lowest BCUT2D eigenvalue weighted by molar-refractivity contribution is 0.0697. The number of aromatic carboxylic acids is 1. The van der Waals surface area contributed by atoms with E-state index in [1.807, 2.05) is 16.7 Å². The van der Waals surface area contributed by atoms with Gasteiger partial charge in [0.2, 0.25) is 0 Å². The molecule has 1 saturated heterocycles. The zero-order valence-electron chi connectivity index (χ0n) is 10.3. The number of carboxylic acids is 1. The Balaban J connectivity index is 2.42. The maximum atomic E-state index is 11.2. The van der Waals surface area contributed by atoms with Crippen molar-refractivity contribution in [1.82, 2.24) is 4.98 Å². The van der Waals surface area contributed by atoms with Crippen molar-refractivity contribution in [3.8, 4) is 0 Å². The number of pyridine rings is 1. The van der Waals surface area contributed by atoms with Crippen LogP contribution in [0.4, 0.5) is 5.82 Å². The zero-order valence-corrected chi connectivity index (χ0v) is 11.8. The minimum absolute atomic E-state index is 0.213. The maximum absolute atomic E-state index is 11.2. The SMILES string of the molecule is CC1SCCN(c2nc(Cl)ccc2C(=O)O)C1C. The van der Waals surface area contributed by atoms with Gasteiger partial charge in [0.1, 0.15) is 16.5 Å². The highest BCUT2D eigenvalue weighted by molar-refractivity contribution is 8.00. The first-order valence-corrected chi connectivity index (χ1v) is 7.21. The molecular weight excluding hydrogens is 272 g/mol. The molecule has 1 aromatic heterocycles. The van der Waals surface area contributed by atoms with Gasteiger partial charge in [0.05, 0.1) is 0 Å². The average Bonchev–Trinajstić information content (AvgIpc) is 2.32. The summed E-state index contributed by atoms with van der Waals surface area (Å²) in [6.45, 7) is 5.03. The molecule has 2 rings (SSSR count). The minimum Gasteiger partial charge on any atom is -0.478 e. The number of anilines is 1. The molecule has 4 nitrogen and oxygen atoms in total. The standard InChI is InChI=1S/C12H15ClN2O2S/c1-7-8(2)18-6-5-15(7)11-9(12(16)17)3-4-10(13)14-11/h3-4,7-8H,5-6H2,1-2H3,(H,16,17). The Hall–Kier alpha value is -0.940. The Kier molecular flexibility index (Phi) is 4.02. The quantitative estimate of drug-likeness (QED) is 0.847. The molecule has 1 N–H and O–H groups in total. The molecule has 1 aliphatic heterocycles. The van der Waals surface area contributed by atoms with Crippen molar-refractivity contribution in [3.63, 3.8) is 0 Å². The number of carboxylic acid groups (broad SMARTS) is 1. The number of hydrogen-bond acceptors (Lipinski definition) is 4. The first kappa shape index (κ1) is 13.5. The largest absolute Gasteiger partial charge is 0.478 e. The van der Waals surface area contributed by atoms with Crippen LogP contribution in [-0.2, 0) is 0 Å². The van der Waals surface area contributed by atoms with E-state index in [9.17, 15) is 9.90 Å². The fourth-order valence-corrected chi connectivity index (χ4v) is 3.29. The monoisotopic (exact) mass is 286 g/mol. The second kappa shape index (κ2) is 5.36. The Bertz CT molecular complexity index is 469. The maximum Gasteiger partial charge on any atom is 0.339 e. The van der Waals surface area contributed by atoms with Crippen molar-refractivity contribution in [1.29, 1.82) is 0 Å². The summed E-state index contributed by atoms with van der Waals surface area (Å²) in [6.07, 6.45) is 0. The second-order valence-corrected chi connectivity index (χ2v) is 6.19. The molecule has 6 heteroatoms. The van der Waals surface area contributed by atoms with Gasteiger partial charge < -0.3 is 10.0 Å². The molecule has 0 saturated carbocycles. The topological polar surface area (TPSA) is 53.4 Å². The summed E-state index contributed by atoms with van der Waals surface area (Å²) in [5.41, 5.74) is 0.213. The summed E-state index contributed by atoms with van der Waals surface area (Å²) in [4.78, 5) is 17.5. The van der Waals surface area contributed by atoms with Gasteiger partial charge in [0.25, 0.3) is 0 Å². The Morgan fingerprint density at radius 3 is 2.94 bits per heavy atom. The first-order chi connectivity index (χ1) is 8.50. The van der Waals surface area contributed by atoms with Crippen LogP contribution in [0.2, 0.25) is 5.15 Å². The third-order valence-corrected chi connectivity index (χ3v) is 4.78. The summed E-state index contributed by atoms with van der Waals surface area (Å²) >= 11 is 7.78. The zero-order chi connectivity index (χ0) is 13.3. The third-order valence-electron chi connectivity index (χ3n) is 3.23. The molecule has 2 atom stereocenters. The second-order valence-electron chi connectivity index (χ2n) is 4.32. The number of thioether (sulfide) groups is 1. The summed E-state index contributed by atoms with van der Waals surface area (Å²) in [6, 6.07) is 3.28. The van der Waals surface area contributed by atoms with Crippen LogP contribution in [-0.4, -0.2) is 39.6 Å². The Morgan fingerprint density at radius 1 is 1.56 bits per heavy atom. The Labute approximate surface area is 115 Å². The van der Waals surface area contributed by atoms with Gasteiger partial charge in [-0.15, -0.1) is 0 Å². The van der Waals surface area contributed by atoms with Gasteiger partial charge in [-0.25, -0.2) is 9.78 Å². The van der Waals surface area contributed by atoms with Crippen LogP contribution in [0.3, 0.4) is 0 Å². The number of halogens is 1. The molecule has 1 aliphatic rings. The van der Waals surface area contributed by atoms with E-state index in [-0.39, 0.29) is 11.6 Å². The van der Waals surface area contributed by atoms with Crippen molar-refractivity contribution in [2.45, 2.75) is 25.1 Å². The van der Waals surface area contributed by atoms with Crippen molar-refractivity contribution in [2.75, 3.05) is 17.2 Å². The molecule has 0 aliphatic carbocycles. The van der Waals surface area contributed by atoms with Gasteiger partial charge in [-0.2, -0.15) is 11.8 Å². The van der Waals surface area contributed by atoms with Crippen LogP contribution in [0.1, 0.15) is 24.2 Å². The highest BCUT2D eigenvalue weighted by Gasteiger charge is 2.29. The number of carbonyl (C=O) groups is 1. The van der Waals surface area contributed by atoms with E-state index in [1.54, 1.807) is 0 Å². The molecule has 1 aromatic rings. The predicted molar refractivity (Wildman–Crippen MR) is 74.9 cm³/mol. The van der Waals surface area contributed by atoms with Crippen LogP contribution in [0.15, 0.2) is 12.1 Å². The van der Waals surface area contributed by atoms with Gasteiger partial charge in [-0.1, -0.05) is 18.5 Å². The molecule has 0 spiro atoms. The summed E-state index contributed by atoms with van der Waals surface area (Å²) in [5.74, 6) is 0.487. The smallest absolute Gasteiger partial charge is 0.339 e. The summed E-state index contributed by atoms with van der Waals surface area (Å²) < 4.78 is 0. The highest BCUT2D eigenvalue weighted by Crippen LogP contribution is 2.30. The van der Waals surface area contributed by atoms with Crippen LogP contribution >= 0.6 is 23.4 Å². The Morgan fingerprint density at radius 2 is 2.28 bits per heavy atom. The number of nitrogens with zero attached hydrogens (tertiary/aromatic N) is 2. The lowest BCUT2D eigenvalue weighted by atomic mass is 10.1. The van der Waals surface area contributed by atoms with E-state index in [0.717, 1.165) is 12.3 Å². The normalized spacial score (nSPS) is 24.1. The van der Waals surface area contributed by atoms with Gasteiger partial charge >= 0.3 is 5.97 Å². The van der Waals surface area contributed by atoms with Crippen molar-refractivity contribution < 1.29 is 9.90 Å². The number of aromatic nitrogens is 1. The fourth-order valence-electron chi connectivity index (χ4n) is 2.04. The van der Waals surface area contributed by atoms with E-state index in [1.165, 1.54) is 12.1 Å². The average molecular weight is 287 g/mol. The third kappa shape index (κ3) is 2.57. The molecular formula is C12H15ClN2O2S.